The molecule has 3 aromatic heterocycles. The molecule has 0 spiro atoms. The van der Waals surface area contributed by atoms with Gasteiger partial charge in [0, 0.05) is 20.5 Å². The normalized spacial score (nSPS) is 11.7. The van der Waals surface area contributed by atoms with Crippen LogP contribution in [0.25, 0.3) is 52.2 Å². The van der Waals surface area contributed by atoms with Crippen LogP contribution < -0.4 is 0 Å². The van der Waals surface area contributed by atoms with Gasteiger partial charge in [0.15, 0.2) is 0 Å². The zero-order valence-electron chi connectivity index (χ0n) is 14.1. The Kier molecular flexibility index (Phi) is 3.21. The zero-order valence-corrected chi connectivity index (χ0v) is 15.8. The molecular formula is C22H13N3S2. The van der Waals surface area contributed by atoms with Crippen LogP contribution in [-0.4, -0.2) is 15.2 Å². The summed E-state index contributed by atoms with van der Waals surface area (Å²) in [5, 5.41) is 10.7. The number of benzene rings is 3. The van der Waals surface area contributed by atoms with Crippen LogP contribution in [0.2, 0.25) is 0 Å². The van der Waals surface area contributed by atoms with Crippen LogP contribution in [0.1, 0.15) is 0 Å². The third kappa shape index (κ3) is 2.47. The summed E-state index contributed by atoms with van der Waals surface area (Å²) in [6, 6.07) is 23.7. The van der Waals surface area contributed by atoms with E-state index in [0.717, 1.165) is 21.4 Å². The molecule has 6 aromatic rings. The van der Waals surface area contributed by atoms with Gasteiger partial charge >= 0.3 is 0 Å². The number of aromatic nitrogens is 3. The second-order valence-electron chi connectivity index (χ2n) is 6.52. The molecule has 0 bridgehead atoms. The van der Waals surface area contributed by atoms with Crippen molar-refractivity contribution in [2.45, 2.75) is 0 Å². The van der Waals surface area contributed by atoms with Gasteiger partial charge < -0.3 is 0 Å². The lowest BCUT2D eigenvalue weighted by atomic mass is 10.1. The van der Waals surface area contributed by atoms with E-state index in [1.807, 2.05) is 23.6 Å². The molecule has 0 unspecified atom stereocenters. The molecule has 0 aliphatic heterocycles. The first-order valence-corrected chi connectivity index (χ1v) is 10.3. The molecule has 0 amide bonds. The Morgan fingerprint density at radius 3 is 2.59 bits per heavy atom. The third-order valence-electron chi connectivity index (χ3n) is 4.79. The quantitative estimate of drug-likeness (QED) is 0.360. The van der Waals surface area contributed by atoms with Crippen molar-refractivity contribution in [1.29, 1.82) is 0 Å². The van der Waals surface area contributed by atoms with E-state index in [-0.39, 0.29) is 0 Å². The highest BCUT2D eigenvalue weighted by molar-refractivity contribution is 7.22. The Bertz CT molecular complexity index is 1410. The molecule has 5 heteroatoms. The van der Waals surface area contributed by atoms with E-state index in [0.29, 0.717) is 0 Å². The number of thiophene rings is 1. The Morgan fingerprint density at radius 2 is 1.63 bits per heavy atom. The fourth-order valence-corrected chi connectivity index (χ4v) is 5.45. The minimum atomic E-state index is 1.07. The largest absolute Gasteiger partial charge is 0.278 e. The Balaban J connectivity index is 1.46. The van der Waals surface area contributed by atoms with Gasteiger partial charge in [-0.1, -0.05) is 36.4 Å². The molecule has 0 saturated carbocycles. The number of H-pyrrole nitrogens is 1. The maximum atomic E-state index is 4.80. The van der Waals surface area contributed by atoms with E-state index in [1.165, 1.54) is 30.8 Å². The SMILES string of the molecule is c1ccc2sc(-c3ccc4cc(-c5ccc6cn[nH]c6c5)sc4c3)nc2c1. The smallest absolute Gasteiger partial charge is 0.124 e. The van der Waals surface area contributed by atoms with Crippen LogP contribution in [0, 0.1) is 0 Å². The molecule has 6 rings (SSSR count). The van der Waals surface area contributed by atoms with E-state index in [9.17, 15) is 0 Å². The predicted octanol–water partition coefficient (Wildman–Crippen LogP) is 6.72. The van der Waals surface area contributed by atoms with Gasteiger partial charge in [0.25, 0.3) is 0 Å². The number of para-hydroxylation sites is 1. The van der Waals surface area contributed by atoms with Gasteiger partial charge in [-0.2, -0.15) is 5.10 Å². The average molecular weight is 384 g/mol. The highest BCUT2D eigenvalue weighted by atomic mass is 32.1. The number of nitrogens with zero attached hydrogens (tertiary/aromatic N) is 2. The van der Waals surface area contributed by atoms with Gasteiger partial charge in [-0.05, 0) is 41.3 Å². The van der Waals surface area contributed by atoms with Crippen LogP contribution in [-0.2, 0) is 0 Å². The Labute approximate surface area is 162 Å². The first-order chi connectivity index (χ1) is 13.3. The Morgan fingerprint density at radius 1 is 0.741 bits per heavy atom. The topological polar surface area (TPSA) is 41.6 Å². The summed E-state index contributed by atoms with van der Waals surface area (Å²) in [6.45, 7) is 0. The molecular weight excluding hydrogens is 370 g/mol. The number of thiazole rings is 1. The standard InChI is InChI=1S/C22H13N3S2/c1-2-4-19-17(3-1)24-22(27-19)15-7-5-14-10-20(26-21(14)11-15)13-6-8-16-12-23-25-18(16)9-13/h1-12H,(H,23,25). The number of hydrogen-bond donors (Lipinski definition) is 1. The van der Waals surface area contributed by atoms with Crippen LogP contribution in [0.5, 0.6) is 0 Å². The fourth-order valence-electron chi connectivity index (χ4n) is 3.39. The van der Waals surface area contributed by atoms with Crippen molar-refractivity contribution in [2.75, 3.05) is 0 Å². The summed E-state index contributed by atoms with van der Waals surface area (Å²) in [4.78, 5) is 6.06. The lowest BCUT2D eigenvalue weighted by Crippen LogP contribution is -1.74. The first-order valence-electron chi connectivity index (χ1n) is 8.66. The van der Waals surface area contributed by atoms with Gasteiger partial charge in [-0.25, -0.2) is 4.98 Å². The lowest BCUT2D eigenvalue weighted by Gasteiger charge is -1.96. The summed E-state index contributed by atoms with van der Waals surface area (Å²) in [6.07, 6.45) is 1.86. The number of aromatic amines is 1. The average Bonchev–Trinajstić information content (AvgIpc) is 3.42. The van der Waals surface area contributed by atoms with Gasteiger partial charge in [0.1, 0.15) is 5.01 Å². The Hall–Kier alpha value is -3.02. The summed E-state index contributed by atoms with van der Waals surface area (Å²) in [5.74, 6) is 0. The van der Waals surface area contributed by atoms with Gasteiger partial charge in [0.2, 0.25) is 0 Å². The van der Waals surface area contributed by atoms with E-state index >= 15 is 0 Å². The molecule has 0 saturated heterocycles. The minimum absolute atomic E-state index is 1.07. The number of nitrogens with one attached hydrogen (secondary N) is 1. The van der Waals surface area contributed by atoms with E-state index in [1.54, 1.807) is 11.3 Å². The molecule has 0 aliphatic rings. The summed E-state index contributed by atoms with van der Waals surface area (Å²) < 4.78 is 2.51. The lowest BCUT2D eigenvalue weighted by molar-refractivity contribution is 1.12. The molecule has 3 aromatic carbocycles. The van der Waals surface area contributed by atoms with Crippen molar-refractivity contribution in [3.05, 3.63) is 72.9 Å². The van der Waals surface area contributed by atoms with Crippen LogP contribution in [0.15, 0.2) is 72.9 Å². The van der Waals surface area contributed by atoms with E-state index < -0.39 is 0 Å². The predicted molar refractivity (Wildman–Crippen MR) is 116 cm³/mol. The van der Waals surface area contributed by atoms with Crippen LogP contribution >= 0.6 is 22.7 Å². The molecule has 0 aliphatic carbocycles. The number of rotatable bonds is 2. The minimum Gasteiger partial charge on any atom is -0.278 e. The maximum absolute atomic E-state index is 4.80. The number of hydrogen-bond acceptors (Lipinski definition) is 4. The highest BCUT2D eigenvalue weighted by Crippen LogP contribution is 2.38. The molecule has 128 valence electrons. The van der Waals surface area contributed by atoms with E-state index in [2.05, 4.69) is 70.9 Å². The van der Waals surface area contributed by atoms with Gasteiger partial charge in [-0.15, -0.1) is 22.7 Å². The van der Waals surface area contributed by atoms with Crippen molar-refractivity contribution in [3.8, 4) is 21.0 Å². The second kappa shape index (κ2) is 5.74. The summed E-state index contributed by atoms with van der Waals surface area (Å²) >= 11 is 3.57. The first kappa shape index (κ1) is 15.1. The third-order valence-corrected chi connectivity index (χ3v) is 7.02. The van der Waals surface area contributed by atoms with Gasteiger partial charge in [-0.3, -0.25) is 5.10 Å². The fraction of sp³-hybridized carbons (Fsp3) is 0. The molecule has 3 nitrogen and oxygen atoms in total. The van der Waals surface area contributed by atoms with E-state index in [4.69, 9.17) is 4.98 Å². The van der Waals surface area contributed by atoms with Crippen LogP contribution in [0.4, 0.5) is 0 Å². The monoisotopic (exact) mass is 383 g/mol. The van der Waals surface area contributed by atoms with Crippen LogP contribution in [0.3, 0.4) is 0 Å². The molecule has 0 atom stereocenters. The molecule has 27 heavy (non-hydrogen) atoms. The summed E-state index contributed by atoms with van der Waals surface area (Å²) in [7, 11) is 0. The van der Waals surface area contributed by atoms with Gasteiger partial charge in [0.05, 0.1) is 21.9 Å². The highest BCUT2D eigenvalue weighted by Gasteiger charge is 2.10. The maximum Gasteiger partial charge on any atom is 0.124 e. The summed E-state index contributed by atoms with van der Waals surface area (Å²) in [5.41, 5.74) is 4.54. The van der Waals surface area contributed by atoms with Crippen molar-refractivity contribution in [3.63, 3.8) is 0 Å². The molecule has 3 heterocycles. The van der Waals surface area contributed by atoms with Crippen molar-refractivity contribution in [2.24, 2.45) is 0 Å². The molecule has 1 N–H and O–H groups in total. The number of fused-ring (bicyclic) bond motifs is 3. The zero-order chi connectivity index (χ0) is 17.8. The molecule has 0 fully saturated rings. The van der Waals surface area contributed by atoms with Crippen molar-refractivity contribution < 1.29 is 0 Å². The molecule has 0 radical (unpaired) electrons. The van der Waals surface area contributed by atoms with Crippen molar-refractivity contribution in [1.82, 2.24) is 15.2 Å². The van der Waals surface area contributed by atoms with Crippen molar-refractivity contribution >= 4 is 53.9 Å². The second-order valence-corrected chi connectivity index (χ2v) is 8.64.